The molecule has 0 atom stereocenters. The second kappa shape index (κ2) is 5.84. The number of carbonyl (C=O) groups excluding carboxylic acids is 1. The molecule has 0 aliphatic rings. The Kier molecular flexibility index (Phi) is 4.73. The molecule has 1 rings (SSSR count). The first kappa shape index (κ1) is 13.0. The number of Topliss-reactive ketones (excluding diaryl/α,β-unsaturated/α-hetero) is 1. The maximum atomic E-state index is 12.2. The van der Waals surface area contributed by atoms with Crippen molar-refractivity contribution in [3.8, 4) is 5.75 Å². The van der Waals surface area contributed by atoms with Gasteiger partial charge in [-0.1, -0.05) is 13.0 Å². The second-order valence-corrected chi connectivity index (χ2v) is 3.84. The molecule has 0 spiro atoms. The lowest BCUT2D eigenvalue weighted by Crippen LogP contribution is -2.08. The Hall–Kier alpha value is -1.10. The Balaban J connectivity index is 3.20. The van der Waals surface area contributed by atoms with Gasteiger partial charge in [-0.3, -0.25) is 4.79 Å². The van der Waals surface area contributed by atoms with Crippen LogP contribution in [0.15, 0.2) is 23.1 Å². The molecule has 16 heavy (non-hydrogen) atoms. The van der Waals surface area contributed by atoms with Gasteiger partial charge in [-0.2, -0.15) is 8.78 Å². The van der Waals surface area contributed by atoms with Crippen molar-refractivity contribution in [3.63, 3.8) is 0 Å². The van der Waals surface area contributed by atoms with Gasteiger partial charge in [0.05, 0.1) is 5.56 Å². The number of benzene rings is 1. The van der Waals surface area contributed by atoms with Crippen LogP contribution in [0.1, 0.15) is 23.7 Å². The van der Waals surface area contributed by atoms with Crippen LogP contribution in [0.5, 0.6) is 5.75 Å². The molecule has 0 bridgehead atoms. The highest BCUT2D eigenvalue weighted by Gasteiger charge is 2.17. The molecule has 0 heterocycles. The second-order valence-electron chi connectivity index (χ2n) is 2.99. The van der Waals surface area contributed by atoms with Gasteiger partial charge in [0.2, 0.25) is 0 Å². The van der Waals surface area contributed by atoms with Gasteiger partial charge < -0.3 is 4.74 Å². The lowest BCUT2D eigenvalue weighted by molar-refractivity contribution is -0.0503. The summed E-state index contributed by atoms with van der Waals surface area (Å²) in [4.78, 5) is 12.3. The van der Waals surface area contributed by atoms with Gasteiger partial charge in [-0.15, -0.1) is 11.8 Å². The van der Waals surface area contributed by atoms with Crippen LogP contribution in [0.2, 0.25) is 0 Å². The summed E-state index contributed by atoms with van der Waals surface area (Å²) >= 11 is 1.33. The topological polar surface area (TPSA) is 26.3 Å². The van der Waals surface area contributed by atoms with Gasteiger partial charge in [0.1, 0.15) is 5.75 Å². The van der Waals surface area contributed by atoms with Crippen molar-refractivity contribution in [1.29, 1.82) is 0 Å². The van der Waals surface area contributed by atoms with Crippen LogP contribution < -0.4 is 4.74 Å². The van der Waals surface area contributed by atoms with Crippen molar-refractivity contribution < 1.29 is 18.3 Å². The summed E-state index contributed by atoms with van der Waals surface area (Å²) in [6.07, 6.45) is 2.05. The van der Waals surface area contributed by atoms with Crippen molar-refractivity contribution in [2.45, 2.75) is 24.9 Å². The van der Waals surface area contributed by atoms with Gasteiger partial charge in [0.15, 0.2) is 5.78 Å². The van der Waals surface area contributed by atoms with Crippen LogP contribution in [0.4, 0.5) is 8.78 Å². The van der Waals surface area contributed by atoms with Gasteiger partial charge >= 0.3 is 6.61 Å². The van der Waals surface area contributed by atoms with Gasteiger partial charge in [0.25, 0.3) is 0 Å². The minimum Gasteiger partial charge on any atom is -0.434 e. The molecule has 0 radical (unpaired) electrons. The predicted molar refractivity (Wildman–Crippen MR) is 59.5 cm³/mol. The van der Waals surface area contributed by atoms with Crippen LogP contribution in [-0.2, 0) is 0 Å². The van der Waals surface area contributed by atoms with E-state index in [1.807, 2.05) is 0 Å². The Morgan fingerprint density at radius 3 is 2.69 bits per heavy atom. The third kappa shape index (κ3) is 2.95. The molecule has 5 heteroatoms. The third-order valence-corrected chi connectivity index (χ3v) is 2.80. The Bertz CT molecular complexity index is 380. The van der Waals surface area contributed by atoms with E-state index in [1.54, 1.807) is 25.3 Å². The van der Waals surface area contributed by atoms with E-state index in [-0.39, 0.29) is 23.5 Å². The molecular formula is C11H12F2O2S. The molecule has 0 aliphatic heterocycles. The summed E-state index contributed by atoms with van der Waals surface area (Å²) in [7, 11) is 0. The number of alkyl halides is 2. The van der Waals surface area contributed by atoms with Crippen molar-refractivity contribution in [3.05, 3.63) is 23.8 Å². The number of carbonyl (C=O) groups is 1. The molecular weight excluding hydrogens is 234 g/mol. The van der Waals surface area contributed by atoms with E-state index in [9.17, 15) is 13.6 Å². The van der Waals surface area contributed by atoms with E-state index < -0.39 is 6.61 Å². The Morgan fingerprint density at radius 1 is 1.50 bits per heavy atom. The first-order chi connectivity index (χ1) is 7.60. The normalized spacial score (nSPS) is 10.6. The van der Waals surface area contributed by atoms with Crippen LogP contribution in [-0.4, -0.2) is 18.7 Å². The molecule has 1 aromatic rings. The fourth-order valence-electron chi connectivity index (χ4n) is 1.33. The smallest absolute Gasteiger partial charge is 0.387 e. The highest BCUT2D eigenvalue weighted by molar-refractivity contribution is 7.98. The van der Waals surface area contributed by atoms with Crippen LogP contribution in [0.3, 0.4) is 0 Å². The number of hydrogen-bond donors (Lipinski definition) is 0. The lowest BCUT2D eigenvalue weighted by Gasteiger charge is -2.12. The maximum absolute atomic E-state index is 12.2. The van der Waals surface area contributed by atoms with Crippen LogP contribution in [0.25, 0.3) is 0 Å². The van der Waals surface area contributed by atoms with Gasteiger partial charge in [-0.25, -0.2) is 0 Å². The summed E-state index contributed by atoms with van der Waals surface area (Å²) in [6, 6.07) is 4.69. The standard InChI is InChI=1S/C11H12F2O2S/c1-3-7(14)10-8(15-11(12)13)5-4-6-9(10)16-2/h4-6,11H,3H2,1-2H3. The number of halogens is 2. The highest BCUT2D eigenvalue weighted by Crippen LogP contribution is 2.30. The number of hydrogen-bond acceptors (Lipinski definition) is 3. The summed E-state index contributed by atoms with van der Waals surface area (Å²) in [5.74, 6) is -0.241. The average molecular weight is 246 g/mol. The van der Waals surface area contributed by atoms with E-state index in [0.717, 1.165) is 0 Å². The van der Waals surface area contributed by atoms with Crippen molar-refractivity contribution >= 4 is 17.5 Å². The Labute approximate surface area is 97.0 Å². The molecule has 0 saturated heterocycles. The zero-order chi connectivity index (χ0) is 12.1. The predicted octanol–water partition coefficient (Wildman–Crippen LogP) is 3.60. The largest absolute Gasteiger partial charge is 0.434 e. The van der Waals surface area contributed by atoms with Crippen LogP contribution >= 0.6 is 11.8 Å². The summed E-state index contributed by atoms with van der Waals surface area (Å²) in [5.41, 5.74) is 0.248. The minimum absolute atomic E-state index is 0.0475. The third-order valence-electron chi connectivity index (χ3n) is 2.02. The summed E-state index contributed by atoms with van der Waals surface area (Å²) in [5, 5.41) is 0. The molecule has 88 valence electrons. The summed E-state index contributed by atoms with van der Waals surface area (Å²) < 4.78 is 28.7. The SMILES string of the molecule is CCC(=O)c1c(OC(F)F)cccc1SC. The zero-order valence-corrected chi connectivity index (χ0v) is 9.81. The number of ketones is 1. The van der Waals surface area contributed by atoms with E-state index >= 15 is 0 Å². The molecule has 0 amide bonds. The molecule has 1 aromatic carbocycles. The molecule has 0 fully saturated rings. The maximum Gasteiger partial charge on any atom is 0.387 e. The molecule has 0 unspecified atom stereocenters. The zero-order valence-electron chi connectivity index (χ0n) is 9.00. The summed E-state index contributed by atoms with van der Waals surface area (Å²) in [6.45, 7) is -1.23. The number of rotatable bonds is 5. The fraction of sp³-hybridized carbons (Fsp3) is 0.364. The minimum atomic E-state index is -2.92. The molecule has 0 aliphatic carbocycles. The fourth-order valence-corrected chi connectivity index (χ4v) is 1.96. The molecule has 0 aromatic heterocycles. The van der Waals surface area contributed by atoms with Gasteiger partial charge in [0, 0.05) is 11.3 Å². The van der Waals surface area contributed by atoms with E-state index in [4.69, 9.17) is 0 Å². The van der Waals surface area contributed by atoms with E-state index in [0.29, 0.717) is 4.90 Å². The average Bonchev–Trinajstić information content (AvgIpc) is 2.27. The van der Waals surface area contributed by atoms with Crippen molar-refractivity contribution in [1.82, 2.24) is 0 Å². The Morgan fingerprint density at radius 2 is 2.19 bits per heavy atom. The first-order valence-corrected chi connectivity index (χ1v) is 5.97. The van der Waals surface area contributed by atoms with E-state index in [2.05, 4.69) is 4.74 Å². The number of thioether (sulfide) groups is 1. The molecule has 2 nitrogen and oxygen atoms in total. The first-order valence-electron chi connectivity index (χ1n) is 4.75. The number of ether oxygens (including phenoxy) is 1. The highest BCUT2D eigenvalue weighted by atomic mass is 32.2. The van der Waals surface area contributed by atoms with Gasteiger partial charge in [-0.05, 0) is 18.4 Å². The lowest BCUT2D eigenvalue weighted by atomic mass is 10.1. The molecule has 0 saturated carbocycles. The van der Waals surface area contributed by atoms with Crippen molar-refractivity contribution in [2.75, 3.05) is 6.26 Å². The van der Waals surface area contributed by atoms with Crippen LogP contribution in [0, 0.1) is 0 Å². The quantitative estimate of drug-likeness (QED) is 0.586. The molecule has 0 N–H and O–H groups in total. The van der Waals surface area contributed by atoms with E-state index in [1.165, 1.54) is 17.8 Å². The van der Waals surface area contributed by atoms with Crippen molar-refractivity contribution in [2.24, 2.45) is 0 Å². The monoisotopic (exact) mass is 246 g/mol.